The second kappa shape index (κ2) is 21.8. The number of phosphoric acid groups is 2. The number of hydrogen-bond donors (Lipinski definition) is 8. The molecule has 24 nitrogen and oxygen atoms in total. The number of ether oxygens (including phenoxy) is 2. The van der Waals surface area contributed by atoms with Crippen LogP contribution in [0.1, 0.15) is 54.4 Å². The van der Waals surface area contributed by atoms with Gasteiger partial charge in [0.25, 0.3) is 5.91 Å². The van der Waals surface area contributed by atoms with Gasteiger partial charge in [0.05, 0.1) is 18.3 Å². The number of anilines is 2. The lowest BCUT2D eigenvalue weighted by Gasteiger charge is -2.22. The molecule has 374 valence electrons. The van der Waals surface area contributed by atoms with E-state index in [9.17, 15) is 33.5 Å². The van der Waals surface area contributed by atoms with Crippen molar-refractivity contribution in [2.75, 3.05) is 57.4 Å². The summed E-state index contributed by atoms with van der Waals surface area (Å²) in [6.45, 7) is 8.51. The molecule has 2 aromatic heterocycles. The molecule has 2 aromatic carbocycles. The molecule has 1 unspecified atom stereocenters. The number of aryl methyl sites for hydroxylation is 2. The van der Waals surface area contributed by atoms with Crippen LogP contribution in [-0.4, -0.2) is 127 Å². The van der Waals surface area contributed by atoms with E-state index >= 15 is 0 Å². The fourth-order valence-electron chi connectivity index (χ4n) is 8.08. The molecule has 0 radical (unpaired) electrons. The summed E-state index contributed by atoms with van der Waals surface area (Å²) in [5, 5.41) is 21.4. The molecule has 70 heavy (non-hydrogen) atoms. The lowest BCUT2D eigenvalue weighted by Crippen LogP contribution is -2.41. The van der Waals surface area contributed by atoms with E-state index in [1.807, 2.05) is 64.1 Å². The predicted octanol–water partition coefficient (Wildman–Crippen LogP) is 4.14. The second-order valence-corrected chi connectivity index (χ2v) is 19.1. The number of nitrogen functional groups attached to an aromatic ring is 1. The zero-order valence-electron chi connectivity index (χ0n) is 38.8. The minimum atomic E-state index is -5.46. The summed E-state index contributed by atoms with van der Waals surface area (Å²) < 4.78 is 50.8. The average molecular weight is 1010 g/mol. The molecule has 3 amide bonds. The molecule has 26 heteroatoms. The number of rotatable bonds is 19. The first-order valence-electron chi connectivity index (χ1n) is 22.1. The number of carbonyl (C=O) groups excluding carboxylic acids is 3. The van der Waals surface area contributed by atoms with E-state index < -0.39 is 52.9 Å². The van der Waals surface area contributed by atoms with Crippen molar-refractivity contribution >= 4 is 67.2 Å². The molecule has 1 aliphatic carbocycles. The molecule has 0 saturated carbocycles. The third-order valence-electron chi connectivity index (χ3n) is 11.3. The number of nitrogens with zero attached hydrogens (tertiary/aromatic N) is 6. The highest BCUT2D eigenvalue weighted by Crippen LogP contribution is 2.58. The fraction of sp³-hybridized carbons (Fsp3) is 0.386. The van der Waals surface area contributed by atoms with Gasteiger partial charge in [-0.05, 0) is 69.0 Å². The van der Waals surface area contributed by atoms with E-state index in [0.717, 1.165) is 57.1 Å². The summed E-state index contributed by atoms with van der Waals surface area (Å²) in [6, 6.07) is 15.5. The first-order valence-corrected chi connectivity index (χ1v) is 25.1. The lowest BCUT2D eigenvalue weighted by molar-refractivity contribution is -0.121. The Bertz CT molecular complexity index is 3050. The van der Waals surface area contributed by atoms with Gasteiger partial charge in [-0.1, -0.05) is 18.2 Å². The van der Waals surface area contributed by atoms with Gasteiger partial charge in [0.2, 0.25) is 5.91 Å². The smallest absolute Gasteiger partial charge is 0.456 e. The molecule has 4 aromatic rings. The third kappa shape index (κ3) is 11.8. The van der Waals surface area contributed by atoms with Gasteiger partial charge in [-0.15, -0.1) is 0 Å². The number of aliphatic hydroxyl groups is 1. The van der Waals surface area contributed by atoms with Crippen LogP contribution in [0, 0.1) is 13.8 Å². The molecular formula is C44H54N10O14P2. The number of hydrogen-bond acceptors (Lipinski definition) is 17. The lowest BCUT2D eigenvalue weighted by atomic mass is 9.89. The van der Waals surface area contributed by atoms with Gasteiger partial charge in [-0.3, -0.25) is 23.7 Å². The molecule has 1 saturated heterocycles. The van der Waals surface area contributed by atoms with Crippen LogP contribution in [0.25, 0.3) is 44.6 Å². The maximum Gasteiger partial charge on any atom is 0.481 e. The Morgan fingerprint density at radius 2 is 1.74 bits per heavy atom. The van der Waals surface area contributed by atoms with Gasteiger partial charge in [0.15, 0.2) is 23.8 Å². The topological polar surface area (TPSA) is 338 Å². The third-order valence-corrected chi connectivity index (χ3v) is 13.4. The summed E-state index contributed by atoms with van der Waals surface area (Å²) in [7, 11) is -9.13. The standard InChI is InChI=1S/C44H54N10O14P2/c1-6-46-30-19-32-28(17-24(30)3)36(29-18-25(4)31(47-7-2)20-33(29)65-32)26-11-8-9-12-27(26)42(57)53(5)16-10-13-35(55)48-14-15-49-44(58)67-39-38(56)34(21-64-70(62,63)68-69(59,60)61)66-43(39)54-23-52-37-40(45)50-22-51-41(37)54/h8-9,11-12,17-20,22-23,34,38-39,43,46,56H,6-7,10,13-16,21H2,1-5H3,(H,48,55)(H,49,58)(H,62,63)(H2,45,50,51)(H2,59,60,61)/t34-,38-,39-,43-/m1/s1. The van der Waals surface area contributed by atoms with Gasteiger partial charge < -0.3 is 60.3 Å². The van der Waals surface area contributed by atoms with E-state index in [1.54, 1.807) is 18.0 Å². The molecule has 9 N–H and O–H groups in total. The molecule has 2 aliphatic heterocycles. The Morgan fingerprint density at radius 3 is 2.49 bits per heavy atom. The zero-order chi connectivity index (χ0) is 50.5. The number of aromatic nitrogens is 4. The normalized spacial score (nSPS) is 18.3. The maximum absolute atomic E-state index is 14.2. The van der Waals surface area contributed by atoms with Crippen LogP contribution in [0.5, 0.6) is 0 Å². The van der Waals surface area contributed by atoms with Gasteiger partial charge in [-0.2, -0.15) is 4.31 Å². The number of benzene rings is 3. The monoisotopic (exact) mass is 1010 g/mol. The number of aliphatic hydroxyl groups excluding tert-OH is 1. The highest BCUT2D eigenvalue weighted by molar-refractivity contribution is 7.60. The number of imidazole rings is 1. The number of alkyl carbamates (subject to hydrolysis) is 1. The van der Waals surface area contributed by atoms with Gasteiger partial charge in [0.1, 0.15) is 35.4 Å². The molecule has 5 atom stereocenters. The van der Waals surface area contributed by atoms with Crippen LogP contribution in [0.4, 0.5) is 16.3 Å². The fourth-order valence-corrected chi connectivity index (χ4v) is 9.68. The van der Waals surface area contributed by atoms with Crippen LogP contribution in [0.15, 0.2) is 70.6 Å². The molecule has 7 rings (SSSR count). The van der Waals surface area contributed by atoms with Crippen molar-refractivity contribution in [3.8, 4) is 22.5 Å². The largest absolute Gasteiger partial charge is 0.481 e. The second-order valence-electron chi connectivity index (χ2n) is 16.3. The minimum absolute atomic E-state index is 0.00254. The summed E-state index contributed by atoms with van der Waals surface area (Å²) >= 11 is 0. The Kier molecular flexibility index (Phi) is 16.0. The van der Waals surface area contributed by atoms with Crippen molar-refractivity contribution in [1.82, 2.24) is 35.1 Å². The van der Waals surface area contributed by atoms with Crippen LogP contribution in [0.3, 0.4) is 0 Å². The number of nitrogens with two attached hydrogens (primary N) is 1. The van der Waals surface area contributed by atoms with Gasteiger partial charge in [0, 0.05) is 86.1 Å². The summed E-state index contributed by atoms with van der Waals surface area (Å²) in [5.41, 5.74) is 12.6. The molecule has 3 aliphatic rings. The quantitative estimate of drug-likeness (QED) is 0.0321. The number of carbonyl (C=O) groups is 3. The Morgan fingerprint density at radius 1 is 0.986 bits per heavy atom. The molecule has 4 heterocycles. The number of phosphoric ester groups is 1. The Labute approximate surface area is 400 Å². The van der Waals surface area contributed by atoms with E-state index in [4.69, 9.17) is 29.4 Å². The number of amides is 3. The van der Waals surface area contributed by atoms with E-state index in [0.29, 0.717) is 29.9 Å². The van der Waals surface area contributed by atoms with Crippen LogP contribution in [-0.2, 0) is 32.2 Å². The van der Waals surface area contributed by atoms with E-state index in [2.05, 4.69) is 50.8 Å². The SMILES string of the molecule is CCN=c1cc2oc3cc(NCC)c(C)cc3c(-c3ccccc3C(=O)N(C)CCCC(=O)NCCNC(=O)O[C@@H]3[C@H](O)[C@@H](COP(=O)(O)OP(=O)(O)O)O[C@H]3n3cnc4c(N)ncnc43)c-2cc1C. The molecular weight excluding hydrogens is 954 g/mol. The van der Waals surface area contributed by atoms with E-state index in [1.165, 1.54) is 10.9 Å². The van der Waals surface area contributed by atoms with E-state index in [-0.39, 0.29) is 54.9 Å². The predicted molar refractivity (Wildman–Crippen MR) is 254 cm³/mol. The average Bonchev–Trinajstić information content (AvgIpc) is 3.87. The van der Waals surface area contributed by atoms with Crippen molar-refractivity contribution in [1.29, 1.82) is 0 Å². The van der Waals surface area contributed by atoms with Gasteiger partial charge in [-0.25, -0.2) is 28.9 Å². The van der Waals surface area contributed by atoms with Crippen molar-refractivity contribution < 1.29 is 66.0 Å². The first kappa shape index (κ1) is 51.5. The van der Waals surface area contributed by atoms with Crippen molar-refractivity contribution in [3.63, 3.8) is 0 Å². The molecule has 1 fully saturated rings. The van der Waals surface area contributed by atoms with Crippen molar-refractivity contribution in [2.45, 2.75) is 65.1 Å². The van der Waals surface area contributed by atoms with Crippen molar-refractivity contribution in [3.05, 3.63) is 83.2 Å². The zero-order valence-corrected chi connectivity index (χ0v) is 40.6. The number of fused-ring (bicyclic) bond motifs is 3. The highest BCUT2D eigenvalue weighted by Gasteiger charge is 2.49. The highest BCUT2D eigenvalue weighted by atomic mass is 31.3. The molecule has 0 bridgehead atoms. The molecule has 0 spiro atoms. The summed E-state index contributed by atoms with van der Waals surface area (Å²) in [4.78, 5) is 86.2. The summed E-state index contributed by atoms with van der Waals surface area (Å²) in [6.07, 6.45) is -4.55. The van der Waals surface area contributed by atoms with Crippen LogP contribution in [0.2, 0.25) is 0 Å². The summed E-state index contributed by atoms with van der Waals surface area (Å²) in [5.74, 6) is 0.0477. The minimum Gasteiger partial charge on any atom is -0.456 e. The van der Waals surface area contributed by atoms with Gasteiger partial charge >= 0.3 is 21.7 Å². The first-order chi connectivity index (χ1) is 33.3. The van der Waals surface area contributed by atoms with Crippen LogP contribution >= 0.6 is 15.6 Å². The van der Waals surface area contributed by atoms with Crippen molar-refractivity contribution in [2.24, 2.45) is 4.99 Å². The maximum atomic E-state index is 14.2. The number of nitrogens with one attached hydrogen (secondary N) is 3. The van der Waals surface area contributed by atoms with Crippen LogP contribution < -0.4 is 27.0 Å². The Balaban J connectivity index is 0.960. The Hall–Kier alpha value is -6.33.